The summed E-state index contributed by atoms with van der Waals surface area (Å²) in [6.45, 7) is 2.52. The summed E-state index contributed by atoms with van der Waals surface area (Å²) in [5, 5.41) is 7.10. The second-order valence-electron chi connectivity index (χ2n) is 7.26. The van der Waals surface area contributed by atoms with Gasteiger partial charge in [0.25, 0.3) is 5.91 Å². The second-order valence-corrected chi connectivity index (χ2v) is 8.22. The number of hydrogen-bond donors (Lipinski definition) is 1. The Labute approximate surface area is 151 Å². The fourth-order valence-corrected chi connectivity index (χ4v) is 4.76. The van der Waals surface area contributed by atoms with Gasteiger partial charge in [0.2, 0.25) is 5.91 Å². The van der Waals surface area contributed by atoms with Crippen LogP contribution in [0.5, 0.6) is 0 Å². The molecule has 2 saturated heterocycles. The number of carbonyl (C=O) groups excluding carboxylic acids is 2. The largest absolute Gasteiger partial charge is 0.363 e. The molecule has 7 nitrogen and oxygen atoms in total. The van der Waals surface area contributed by atoms with Crippen molar-refractivity contribution in [2.24, 2.45) is 0 Å². The Morgan fingerprint density at radius 3 is 2.72 bits per heavy atom. The van der Waals surface area contributed by atoms with Crippen LogP contribution in [0.1, 0.15) is 60.3 Å². The fourth-order valence-electron chi connectivity index (χ4n) is 4.30. The van der Waals surface area contributed by atoms with E-state index in [0.29, 0.717) is 24.7 Å². The summed E-state index contributed by atoms with van der Waals surface area (Å²) in [6, 6.07) is 0.361. The first kappa shape index (κ1) is 16.9. The lowest BCUT2D eigenvalue weighted by Gasteiger charge is -2.35. The molecule has 3 aliphatic rings. The average Bonchev–Trinajstić information content (AvgIpc) is 3.34. The van der Waals surface area contributed by atoms with Gasteiger partial charge in [-0.3, -0.25) is 9.59 Å². The van der Waals surface area contributed by atoms with Crippen molar-refractivity contribution in [1.82, 2.24) is 19.8 Å². The molecule has 0 spiro atoms. The molecule has 0 bridgehead atoms. The maximum atomic E-state index is 12.7. The number of aryl methyl sites for hydroxylation is 1. The Balaban J connectivity index is 1.37. The third kappa shape index (κ3) is 3.29. The van der Waals surface area contributed by atoms with E-state index < -0.39 is 0 Å². The van der Waals surface area contributed by atoms with E-state index in [1.165, 1.54) is 24.4 Å². The third-order valence-electron chi connectivity index (χ3n) is 5.66. The molecule has 136 valence electrons. The maximum absolute atomic E-state index is 12.7. The molecule has 3 fully saturated rings. The first-order valence-electron chi connectivity index (χ1n) is 9.19. The van der Waals surface area contributed by atoms with Crippen LogP contribution in [0.4, 0.5) is 0 Å². The number of likely N-dealkylation sites (tertiary alicyclic amines) is 1. The Morgan fingerprint density at radius 2 is 2.00 bits per heavy atom. The lowest BCUT2D eigenvalue weighted by Crippen LogP contribution is -2.50. The highest BCUT2D eigenvalue weighted by Crippen LogP contribution is 2.33. The molecule has 0 unspecified atom stereocenters. The highest BCUT2D eigenvalue weighted by atomic mass is 32.1. The van der Waals surface area contributed by atoms with E-state index in [1.54, 1.807) is 0 Å². The number of aromatic nitrogens is 2. The van der Waals surface area contributed by atoms with Gasteiger partial charge in [-0.25, -0.2) is 0 Å². The van der Waals surface area contributed by atoms with Crippen LogP contribution in [0.2, 0.25) is 0 Å². The van der Waals surface area contributed by atoms with Crippen molar-refractivity contribution in [2.75, 3.05) is 6.54 Å². The number of rotatable bonds is 3. The first-order valence-corrected chi connectivity index (χ1v) is 9.96. The zero-order valence-corrected chi connectivity index (χ0v) is 15.3. The van der Waals surface area contributed by atoms with Crippen molar-refractivity contribution >= 4 is 23.3 Å². The van der Waals surface area contributed by atoms with Crippen molar-refractivity contribution in [2.45, 2.75) is 76.2 Å². The molecule has 1 aromatic heterocycles. The number of nitrogens with zero attached hydrogens (tertiary/aromatic N) is 3. The summed E-state index contributed by atoms with van der Waals surface area (Å²) in [6.07, 6.45) is 6.37. The SMILES string of the molecule is Cc1snnc1C(=O)N1CC[C@H]2O[C@@H](C(=O)NC3CCCC3)CC[C@H]21. The van der Waals surface area contributed by atoms with Crippen LogP contribution in [0, 0.1) is 6.92 Å². The summed E-state index contributed by atoms with van der Waals surface area (Å²) < 4.78 is 9.93. The summed E-state index contributed by atoms with van der Waals surface area (Å²) in [4.78, 5) is 27.9. The maximum Gasteiger partial charge on any atom is 0.275 e. The standard InChI is InChI=1S/C17H24N4O3S/c1-10-15(19-20-25-10)17(23)21-9-8-13-12(21)6-7-14(24-13)16(22)18-11-4-2-3-5-11/h11-14H,2-9H2,1H3,(H,18,22)/t12-,13-,14-/m1/s1. The van der Waals surface area contributed by atoms with Crippen LogP contribution >= 0.6 is 11.5 Å². The van der Waals surface area contributed by atoms with Gasteiger partial charge in [0.05, 0.1) is 17.0 Å². The highest BCUT2D eigenvalue weighted by molar-refractivity contribution is 7.05. The van der Waals surface area contributed by atoms with E-state index in [9.17, 15) is 9.59 Å². The van der Waals surface area contributed by atoms with E-state index in [2.05, 4.69) is 14.9 Å². The van der Waals surface area contributed by atoms with Gasteiger partial charge in [0.15, 0.2) is 5.69 Å². The van der Waals surface area contributed by atoms with Crippen LogP contribution in [0.25, 0.3) is 0 Å². The monoisotopic (exact) mass is 364 g/mol. The van der Waals surface area contributed by atoms with Gasteiger partial charge < -0.3 is 15.0 Å². The predicted molar refractivity (Wildman–Crippen MR) is 92.4 cm³/mol. The minimum absolute atomic E-state index is 0.0228. The Kier molecular flexibility index (Phi) is 4.73. The van der Waals surface area contributed by atoms with Crippen LogP contribution in [-0.4, -0.2) is 57.1 Å². The van der Waals surface area contributed by atoms with E-state index in [0.717, 1.165) is 30.6 Å². The number of nitrogens with one attached hydrogen (secondary N) is 1. The van der Waals surface area contributed by atoms with Crippen molar-refractivity contribution in [3.05, 3.63) is 10.6 Å². The van der Waals surface area contributed by atoms with Gasteiger partial charge in [-0.1, -0.05) is 17.3 Å². The van der Waals surface area contributed by atoms with Crippen molar-refractivity contribution < 1.29 is 14.3 Å². The van der Waals surface area contributed by atoms with Crippen molar-refractivity contribution in [3.8, 4) is 0 Å². The minimum Gasteiger partial charge on any atom is -0.363 e. The number of carbonyl (C=O) groups is 2. The molecule has 0 aromatic carbocycles. The zero-order valence-electron chi connectivity index (χ0n) is 14.4. The molecular formula is C17H24N4O3S. The fraction of sp³-hybridized carbons (Fsp3) is 0.765. The number of fused-ring (bicyclic) bond motifs is 1. The lowest BCUT2D eigenvalue weighted by molar-refractivity contribution is -0.143. The quantitative estimate of drug-likeness (QED) is 0.882. The zero-order chi connectivity index (χ0) is 17.4. The number of ether oxygens (including phenoxy) is 1. The topological polar surface area (TPSA) is 84.4 Å². The van der Waals surface area contributed by atoms with Crippen LogP contribution in [-0.2, 0) is 9.53 Å². The molecule has 25 heavy (non-hydrogen) atoms. The predicted octanol–water partition coefficient (Wildman–Crippen LogP) is 1.67. The molecule has 8 heteroatoms. The molecule has 1 aromatic rings. The van der Waals surface area contributed by atoms with Crippen molar-refractivity contribution in [1.29, 1.82) is 0 Å². The molecule has 2 aliphatic heterocycles. The van der Waals surface area contributed by atoms with Gasteiger partial charge in [0.1, 0.15) is 6.10 Å². The average molecular weight is 364 g/mol. The smallest absolute Gasteiger partial charge is 0.275 e. The van der Waals surface area contributed by atoms with E-state index in [1.807, 2.05) is 11.8 Å². The molecule has 0 radical (unpaired) electrons. The third-order valence-corrected chi connectivity index (χ3v) is 6.29. The van der Waals surface area contributed by atoms with Crippen molar-refractivity contribution in [3.63, 3.8) is 0 Å². The number of amides is 2. The summed E-state index contributed by atoms with van der Waals surface area (Å²) >= 11 is 1.25. The van der Waals surface area contributed by atoms with E-state index in [4.69, 9.17) is 4.74 Å². The summed E-state index contributed by atoms with van der Waals surface area (Å²) in [7, 11) is 0. The molecule has 1 aliphatic carbocycles. The van der Waals surface area contributed by atoms with Gasteiger partial charge in [-0.05, 0) is 50.6 Å². The molecular weight excluding hydrogens is 340 g/mol. The molecule has 1 saturated carbocycles. The van der Waals surface area contributed by atoms with Crippen LogP contribution in [0.15, 0.2) is 0 Å². The molecule has 1 N–H and O–H groups in total. The Morgan fingerprint density at radius 1 is 1.20 bits per heavy atom. The summed E-state index contributed by atoms with van der Waals surface area (Å²) in [5.74, 6) is -0.0362. The lowest BCUT2D eigenvalue weighted by atomic mass is 9.98. The highest BCUT2D eigenvalue weighted by Gasteiger charge is 2.44. The normalized spacial score (nSPS) is 29.6. The Bertz CT molecular complexity index is 658. The molecule has 3 heterocycles. The minimum atomic E-state index is -0.375. The first-order chi connectivity index (χ1) is 12.1. The molecule has 2 amide bonds. The summed E-state index contributed by atoms with van der Waals surface area (Å²) in [5.41, 5.74) is 0.451. The van der Waals surface area contributed by atoms with E-state index >= 15 is 0 Å². The molecule has 3 atom stereocenters. The van der Waals surface area contributed by atoms with Gasteiger partial charge in [-0.15, -0.1) is 5.10 Å². The van der Waals surface area contributed by atoms with E-state index in [-0.39, 0.29) is 30.1 Å². The van der Waals surface area contributed by atoms with Gasteiger partial charge >= 0.3 is 0 Å². The number of hydrogen-bond acceptors (Lipinski definition) is 6. The molecule has 4 rings (SSSR count). The van der Waals surface area contributed by atoms with Gasteiger partial charge in [-0.2, -0.15) is 0 Å². The van der Waals surface area contributed by atoms with Crippen LogP contribution in [0.3, 0.4) is 0 Å². The van der Waals surface area contributed by atoms with Gasteiger partial charge in [0, 0.05) is 12.6 Å². The second kappa shape index (κ2) is 6.99. The Hall–Kier alpha value is -1.54. The van der Waals surface area contributed by atoms with Crippen LogP contribution < -0.4 is 5.32 Å².